The summed E-state index contributed by atoms with van der Waals surface area (Å²) in [5, 5.41) is 0. The molecule has 0 radical (unpaired) electrons. The molecule has 1 aliphatic heterocycles. The van der Waals surface area contributed by atoms with E-state index in [0.717, 1.165) is 5.56 Å². The summed E-state index contributed by atoms with van der Waals surface area (Å²) >= 11 is 0. The summed E-state index contributed by atoms with van der Waals surface area (Å²) in [6.07, 6.45) is 0.876. The third-order valence-electron chi connectivity index (χ3n) is 4.42. The van der Waals surface area contributed by atoms with Crippen LogP contribution >= 0.6 is 0 Å². The van der Waals surface area contributed by atoms with E-state index in [4.69, 9.17) is 9.47 Å². The van der Waals surface area contributed by atoms with Crippen molar-refractivity contribution < 1.29 is 19.1 Å². The largest absolute Gasteiger partial charge is 0.492 e. The monoisotopic (exact) mass is 350 g/mol. The van der Waals surface area contributed by atoms with Crippen molar-refractivity contribution in [3.05, 3.63) is 77.4 Å². The molecule has 1 aliphatic rings. The van der Waals surface area contributed by atoms with Crippen molar-refractivity contribution in [1.29, 1.82) is 0 Å². The van der Waals surface area contributed by atoms with E-state index in [1.807, 2.05) is 48.5 Å². The Kier molecular flexibility index (Phi) is 5.84. The van der Waals surface area contributed by atoms with Crippen molar-refractivity contribution in [2.24, 2.45) is 5.92 Å². The van der Waals surface area contributed by atoms with Gasteiger partial charge in [-0.3, -0.25) is 4.79 Å². The van der Waals surface area contributed by atoms with Crippen molar-refractivity contribution >= 4 is 17.5 Å². The van der Waals surface area contributed by atoms with Crippen LogP contribution in [0.4, 0.5) is 0 Å². The minimum atomic E-state index is -0.406. The number of ketones is 1. The lowest BCUT2D eigenvalue weighted by Gasteiger charge is -2.27. The molecule has 26 heavy (non-hydrogen) atoms. The number of benzene rings is 2. The van der Waals surface area contributed by atoms with E-state index < -0.39 is 5.97 Å². The number of hydrogen-bond donors (Lipinski definition) is 0. The average molecular weight is 350 g/mol. The predicted molar refractivity (Wildman–Crippen MR) is 99.4 cm³/mol. The zero-order valence-electron chi connectivity index (χ0n) is 14.8. The molecule has 2 aromatic carbocycles. The highest BCUT2D eigenvalue weighted by molar-refractivity contribution is 6.00. The molecule has 0 bridgehead atoms. The molecule has 0 saturated carbocycles. The van der Waals surface area contributed by atoms with Crippen LogP contribution in [0.2, 0.25) is 0 Å². The second-order valence-corrected chi connectivity index (χ2v) is 6.16. The second-order valence-electron chi connectivity index (χ2n) is 6.16. The quantitative estimate of drug-likeness (QED) is 0.577. The van der Waals surface area contributed by atoms with E-state index >= 15 is 0 Å². The summed E-state index contributed by atoms with van der Waals surface area (Å²) in [5.41, 5.74) is 1.95. The number of ether oxygens (including phenoxy) is 2. The van der Waals surface area contributed by atoms with E-state index in [9.17, 15) is 9.59 Å². The molecule has 4 heteroatoms. The number of rotatable bonds is 6. The number of esters is 1. The summed E-state index contributed by atoms with van der Waals surface area (Å²) in [4.78, 5) is 25.3. The molecule has 0 amide bonds. The maximum Gasteiger partial charge on any atom is 0.338 e. The third kappa shape index (κ3) is 4.02. The SMILES string of the molecule is CCOC(=O)C1=C(c2ccccc2)OCCC1CC(=O)c1ccccc1. The Morgan fingerprint density at radius 3 is 2.35 bits per heavy atom. The molecular formula is C22H22O4. The summed E-state index contributed by atoms with van der Waals surface area (Å²) in [6, 6.07) is 18.7. The van der Waals surface area contributed by atoms with Gasteiger partial charge in [-0.1, -0.05) is 60.7 Å². The van der Waals surface area contributed by atoms with Crippen LogP contribution in [-0.4, -0.2) is 25.0 Å². The predicted octanol–water partition coefficient (Wildman–Crippen LogP) is 4.27. The number of carbonyl (C=O) groups is 2. The van der Waals surface area contributed by atoms with Gasteiger partial charge in [0.25, 0.3) is 0 Å². The molecule has 0 aliphatic carbocycles. The van der Waals surface area contributed by atoms with Crippen molar-refractivity contribution in [2.75, 3.05) is 13.2 Å². The molecule has 134 valence electrons. The zero-order chi connectivity index (χ0) is 18.4. The van der Waals surface area contributed by atoms with Gasteiger partial charge in [-0.2, -0.15) is 0 Å². The van der Waals surface area contributed by atoms with Crippen LogP contribution in [-0.2, 0) is 14.3 Å². The van der Waals surface area contributed by atoms with Gasteiger partial charge in [-0.15, -0.1) is 0 Å². The summed E-state index contributed by atoms with van der Waals surface area (Å²) in [7, 11) is 0. The second kappa shape index (κ2) is 8.48. The minimum Gasteiger partial charge on any atom is -0.492 e. The van der Waals surface area contributed by atoms with Gasteiger partial charge in [0.1, 0.15) is 5.76 Å². The number of Topliss-reactive ketones (excluding diaryl/α,β-unsaturated/α-hetero) is 1. The van der Waals surface area contributed by atoms with Gasteiger partial charge in [-0.05, 0) is 13.3 Å². The van der Waals surface area contributed by atoms with E-state index in [0.29, 0.717) is 29.9 Å². The third-order valence-corrected chi connectivity index (χ3v) is 4.42. The zero-order valence-corrected chi connectivity index (χ0v) is 14.8. The van der Waals surface area contributed by atoms with E-state index in [1.54, 1.807) is 19.1 Å². The molecule has 4 nitrogen and oxygen atoms in total. The molecule has 1 unspecified atom stereocenters. The van der Waals surface area contributed by atoms with Crippen molar-refractivity contribution in [1.82, 2.24) is 0 Å². The molecular weight excluding hydrogens is 328 g/mol. The molecule has 0 spiro atoms. The normalized spacial score (nSPS) is 16.7. The molecule has 1 atom stereocenters. The molecule has 0 N–H and O–H groups in total. The van der Waals surface area contributed by atoms with Crippen molar-refractivity contribution in [3.8, 4) is 0 Å². The minimum absolute atomic E-state index is 0.0201. The lowest BCUT2D eigenvalue weighted by atomic mass is 9.85. The Balaban J connectivity index is 1.95. The topological polar surface area (TPSA) is 52.6 Å². The fraction of sp³-hybridized carbons (Fsp3) is 0.273. The van der Waals surface area contributed by atoms with Crippen LogP contribution in [0, 0.1) is 5.92 Å². The first-order chi connectivity index (χ1) is 12.7. The fourth-order valence-electron chi connectivity index (χ4n) is 3.18. The lowest BCUT2D eigenvalue weighted by Crippen LogP contribution is -2.26. The van der Waals surface area contributed by atoms with E-state index in [-0.39, 0.29) is 24.7 Å². The van der Waals surface area contributed by atoms with Gasteiger partial charge >= 0.3 is 5.97 Å². The summed E-state index contributed by atoms with van der Waals surface area (Å²) in [6.45, 7) is 2.53. The van der Waals surface area contributed by atoms with Gasteiger partial charge in [0.15, 0.2) is 5.78 Å². The van der Waals surface area contributed by atoms with Crippen LogP contribution in [0.5, 0.6) is 0 Å². The van der Waals surface area contributed by atoms with Crippen LogP contribution < -0.4 is 0 Å². The number of hydrogen-bond acceptors (Lipinski definition) is 4. The van der Waals surface area contributed by atoms with Gasteiger partial charge < -0.3 is 9.47 Å². The fourth-order valence-corrected chi connectivity index (χ4v) is 3.18. The summed E-state index contributed by atoms with van der Waals surface area (Å²) < 4.78 is 11.1. The Morgan fingerprint density at radius 2 is 1.69 bits per heavy atom. The lowest BCUT2D eigenvalue weighted by molar-refractivity contribution is -0.139. The maximum atomic E-state index is 12.7. The van der Waals surface area contributed by atoms with Gasteiger partial charge in [-0.25, -0.2) is 4.79 Å². The Bertz CT molecular complexity index is 793. The van der Waals surface area contributed by atoms with Crippen LogP contribution in [0.3, 0.4) is 0 Å². The Labute approximate surface area is 153 Å². The molecule has 2 aromatic rings. The van der Waals surface area contributed by atoms with E-state index in [2.05, 4.69) is 0 Å². The molecule has 1 heterocycles. The van der Waals surface area contributed by atoms with Crippen LogP contribution in [0.1, 0.15) is 35.7 Å². The van der Waals surface area contributed by atoms with Crippen molar-refractivity contribution in [3.63, 3.8) is 0 Å². The summed E-state index contributed by atoms with van der Waals surface area (Å²) in [5.74, 6) is -0.0736. The first-order valence-electron chi connectivity index (χ1n) is 8.88. The highest BCUT2D eigenvalue weighted by atomic mass is 16.5. The average Bonchev–Trinajstić information content (AvgIpc) is 2.69. The van der Waals surface area contributed by atoms with Crippen LogP contribution in [0.25, 0.3) is 5.76 Å². The maximum absolute atomic E-state index is 12.7. The Morgan fingerprint density at radius 1 is 1.04 bits per heavy atom. The number of carbonyl (C=O) groups excluding carboxylic acids is 2. The molecule has 0 fully saturated rings. The Hall–Kier alpha value is -2.88. The van der Waals surface area contributed by atoms with Gasteiger partial charge in [0, 0.05) is 23.5 Å². The first kappa shape index (κ1) is 17.9. The highest BCUT2D eigenvalue weighted by Crippen LogP contribution is 2.35. The van der Waals surface area contributed by atoms with Crippen molar-refractivity contribution in [2.45, 2.75) is 19.8 Å². The van der Waals surface area contributed by atoms with Gasteiger partial charge in [0.2, 0.25) is 0 Å². The molecule has 0 saturated heterocycles. The van der Waals surface area contributed by atoms with Crippen LogP contribution in [0.15, 0.2) is 66.2 Å². The smallest absolute Gasteiger partial charge is 0.338 e. The van der Waals surface area contributed by atoms with E-state index in [1.165, 1.54) is 0 Å². The standard InChI is InChI=1S/C22H22O4/c1-2-25-22(24)20-18(15-19(23)16-9-5-3-6-10-16)13-14-26-21(20)17-11-7-4-8-12-17/h3-12,18H,2,13-15H2,1H3. The molecule has 0 aromatic heterocycles. The highest BCUT2D eigenvalue weighted by Gasteiger charge is 2.33. The molecule has 3 rings (SSSR count). The first-order valence-corrected chi connectivity index (χ1v) is 8.88. The van der Waals surface area contributed by atoms with Gasteiger partial charge in [0.05, 0.1) is 18.8 Å².